The van der Waals surface area contributed by atoms with Gasteiger partial charge < -0.3 is 10.8 Å². The molecule has 0 atom stereocenters. The van der Waals surface area contributed by atoms with Gasteiger partial charge in [0.1, 0.15) is 0 Å². The summed E-state index contributed by atoms with van der Waals surface area (Å²) in [6, 6.07) is 0. The molecule has 0 aromatic rings. The van der Waals surface area contributed by atoms with Crippen LogP contribution in [0.4, 0.5) is 0 Å². The highest BCUT2D eigenvalue weighted by atomic mass is 16.3. The number of nitrogens with two attached hydrogens (primary N) is 1. The van der Waals surface area contributed by atoms with E-state index in [0.717, 1.165) is 19.0 Å². The smallest absolute Gasteiger partial charge is 0.0558 e. The van der Waals surface area contributed by atoms with Crippen molar-refractivity contribution in [2.75, 3.05) is 26.7 Å². The summed E-state index contributed by atoms with van der Waals surface area (Å²) in [5.74, 6) is 0.845. The van der Waals surface area contributed by atoms with Gasteiger partial charge in [-0.2, -0.15) is 0 Å². The third-order valence-corrected chi connectivity index (χ3v) is 3.83. The van der Waals surface area contributed by atoms with Crippen molar-refractivity contribution in [1.29, 1.82) is 0 Å². The first-order chi connectivity index (χ1) is 6.64. The molecule has 1 aliphatic rings. The van der Waals surface area contributed by atoms with E-state index in [2.05, 4.69) is 18.9 Å². The van der Waals surface area contributed by atoms with E-state index in [4.69, 9.17) is 10.8 Å². The fraction of sp³-hybridized carbons (Fsp3) is 1.00. The van der Waals surface area contributed by atoms with Crippen molar-refractivity contribution in [2.24, 2.45) is 11.7 Å². The molecular formula is C11H24N2O. The Morgan fingerprint density at radius 2 is 2.00 bits per heavy atom. The van der Waals surface area contributed by atoms with Crippen molar-refractivity contribution in [2.45, 2.75) is 38.1 Å². The van der Waals surface area contributed by atoms with Crippen LogP contribution in [0.15, 0.2) is 0 Å². The molecule has 1 saturated carbocycles. The van der Waals surface area contributed by atoms with Gasteiger partial charge in [-0.1, -0.05) is 6.92 Å². The number of likely N-dealkylation sites (N-methyl/N-ethyl adjacent to an activating group) is 1. The highest BCUT2D eigenvalue weighted by Crippen LogP contribution is 2.34. The van der Waals surface area contributed by atoms with E-state index in [9.17, 15) is 0 Å². The van der Waals surface area contributed by atoms with Gasteiger partial charge in [0, 0.05) is 18.6 Å². The van der Waals surface area contributed by atoms with Gasteiger partial charge in [0.2, 0.25) is 0 Å². The summed E-state index contributed by atoms with van der Waals surface area (Å²) >= 11 is 0. The minimum absolute atomic E-state index is 0.162. The van der Waals surface area contributed by atoms with Crippen LogP contribution in [0.3, 0.4) is 0 Å². The van der Waals surface area contributed by atoms with Gasteiger partial charge in [0.25, 0.3) is 0 Å². The van der Waals surface area contributed by atoms with Crippen LogP contribution in [0.5, 0.6) is 0 Å². The number of β-amino-alcohol motifs (C(OH)–C–C–N with tert-alkyl or cyclic N) is 1. The van der Waals surface area contributed by atoms with Gasteiger partial charge in [-0.05, 0) is 38.6 Å². The van der Waals surface area contributed by atoms with Gasteiger partial charge in [0.05, 0.1) is 6.61 Å². The van der Waals surface area contributed by atoms with E-state index in [0.29, 0.717) is 0 Å². The molecule has 84 valence electrons. The molecule has 0 radical (unpaired) electrons. The Balaban J connectivity index is 2.57. The summed E-state index contributed by atoms with van der Waals surface area (Å²) in [4.78, 5) is 2.25. The van der Waals surface area contributed by atoms with E-state index < -0.39 is 0 Å². The van der Waals surface area contributed by atoms with E-state index in [1.54, 1.807) is 0 Å². The molecule has 3 heteroatoms. The molecule has 0 aromatic heterocycles. The van der Waals surface area contributed by atoms with E-state index in [1.165, 1.54) is 25.7 Å². The predicted molar refractivity (Wildman–Crippen MR) is 59.1 cm³/mol. The molecule has 0 spiro atoms. The molecule has 1 fully saturated rings. The maximum absolute atomic E-state index is 8.95. The standard InChI is InChI=1S/C11H24N2O/c1-10-3-5-11(9-12,6-4-10)13(2)7-8-14/h10,14H,3-9,12H2,1-2H3. The third kappa shape index (κ3) is 2.47. The van der Waals surface area contributed by atoms with Crippen molar-refractivity contribution < 1.29 is 5.11 Å². The molecule has 0 amide bonds. The van der Waals surface area contributed by atoms with Crippen molar-refractivity contribution in [3.05, 3.63) is 0 Å². The first-order valence-corrected chi connectivity index (χ1v) is 5.67. The second kappa shape index (κ2) is 5.10. The number of nitrogens with zero attached hydrogens (tertiary/aromatic N) is 1. The zero-order valence-corrected chi connectivity index (χ0v) is 9.50. The molecule has 0 heterocycles. The number of hydrogen-bond donors (Lipinski definition) is 2. The highest BCUT2D eigenvalue weighted by Gasteiger charge is 2.35. The molecule has 0 aliphatic heterocycles. The number of aliphatic hydroxyl groups excluding tert-OH is 1. The molecular weight excluding hydrogens is 176 g/mol. The van der Waals surface area contributed by atoms with Gasteiger partial charge in [-0.15, -0.1) is 0 Å². The van der Waals surface area contributed by atoms with Crippen molar-refractivity contribution in [3.63, 3.8) is 0 Å². The van der Waals surface area contributed by atoms with Crippen LogP contribution in [0.1, 0.15) is 32.6 Å². The normalized spacial score (nSPS) is 33.6. The molecule has 3 N–H and O–H groups in total. The number of aliphatic hydroxyl groups is 1. The third-order valence-electron chi connectivity index (χ3n) is 3.83. The second-order valence-corrected chi connectivity index (χ2v) is 4.76. The Labute approximate surface area is 87.3 Å². The monoisotopic (exact) mass is 200 g/mol. The van der Waals surface area contributed by atoms with Crippen molar-refractivity contribution in [3.8, 4) is 0 Å². The van der Waals surface area contributed by atoms with Crippen LogP contribution < -0.4 is 5.73 Å². The van der Waals surface area contributed by atoms with E-state index in [1.807, 2.05) is 0 Å². The Hall–Kier alpha value is -0.120. The number of hydrogen-bond acceptors (Lipinski definition) is 3. The summed E-state index contributed by atoms with van der Waals surface area (Å²) in [5, 5.41) is 8.95. The fourth-order valence-corrected chi connectivity index (χ4v) is 2.43. The van der Waals surface area contributed by atoms with Crippen LogP contribution in [-0.2, 0) is 0 Å². The van der Waals surface area contributed by atoms with Crippen LogP contribution in [0.25, 0.3) is 0 Å². The fourth-order valence-electron chi connectivity index (χ4n) is 2.43. The van der Waals surface area contributed by atoms with Crippen LogP contribution >= 0.6 is 0 Å². The van der Waals surface area contributed by atoms with Crippen LogP contribution in [-0.4, -0.2) is 42.3 Å². The molecule has 0 aromatic carbocycles. The summed E-state index contributed by atoms with van der Waals surface area (Å²) in [7, 11) is 2.08. The average Bonchev–Trinajstić information content (AvgIpc) is 2.20. The van der Waals surface area contributed by atoms with Crippen molar-refractivity contribution in [1.82, 2.24) is 4.90 Å². The topological polar surface area (TPSA) is 49.5 Å². The largest absolute Gasteiger partial charge is 0.395 e. The zero-order valence-electron chi connectivity index (χ0n) is 9.50. The van der Waals surface area contributed by atoms with E-state index in [-0.39, 0.29) is 12.1 Å². The molecule has 1 rings (SSSR count). The minimum atomic E-state index is 0.162. The summed E-state index contributed by atoms with van der Waals surface area (Å²) in [6.45, 7) is 4.00. The van der Waals surface area contributed by atoms with Gasteiger partial charge >= 0.3 is 0 Å². The zero-order chi connectivity index (χ0) is 10.6. The molecule has 0 bridgehead atoms. The van der Waals surface area contributed by atoms with Crippen molar-refractivity contribution >= 4 is 0 Å². The maximum Gasteiger partial charge on any atom is 0.0558 e. The van der Waals surface area contributed by atoms with Crippen LogP contribution in [0, 0.1) is 5.92 Å². The predicted octanol–water partition coefficient (Wildman–Crippen LogP) is 0.818. The molecule has 3 nitrogen and oxygen atoms in total. The van der Waals surface area contributed by atoms with Crippen LogP contribution in [0.2, 0.25) is 0 Å². The summed E-state index contributed by atoms with van der Waals surface area (Å²) in [6.07, 6.45) is 4.91. The van der Waals surface area contributed by atoms with Gasteiger partial charge in [-0.25, -0.2) is 0 Å². The summed E-state index contributed by atoms with van der Waals surface area (Å²) < 4.78 is 0. The molecule has 1 aliphatic carbocycles. The second-order valence-electron chi connectivity index (χ2n) is 4.76. The lowest BCUT2D eigenvalue weighted by atomic mass is 9.76. The summed E-state index contributed by atoms with van der Waals surface area (Å²) in [5.41, 5.74) is 6.05. The number of rotatable bonds is 4. The Morgan fingerprint density at radius 1 is 1.43 bits per heavy atom. The Kier molecular flexibility index (Phi) is 4.35. The Bertz CT molecular complexity index is 165. The SMILES string of the molecule is CC1CCC(CN)(N(C)CCO)CC1. The highest BCUT2D eigenvalue weighted by molar-refractivity contribution is 4.93. The Morgan fingerprint density at radius 3 is 2.43 bits per heavy atom. The average molecular weight is 200 g/mol. The minimum Gasteiger partial charge on any atom is -0.395 e. The first kappa shape index (κ1) is 12.0. The van der Waals surface area contributed by atoms with Gasteiger partial charge in [0.15, 0.2) is 0 Å². The lowest BCUT2D eigenvalue weighted by Gasteiger charge is -2.45. The lowest BCUT2D eigenvalue weighted by Crippen LogP contribution is -2.54. The quantitative estimate of drug-likeness (QED) is 0.706. The molecule has 0 saturated heterocycles. The first-order valence-electron chi connectivity index (χ1n) is 5.67. The van der Waals surface area contributed by atoms with E-state index >= 15 is 0 Å². The van der Waals surface area contributed by atoms with Gasteiger partial charge in [-0.3, -0.25) is 4.90 Å². The maximum atomic E-state index is 8.95. The molecule has 0 unspecified atom stereocenters. The lowest BCUT2D eigenvalue weighted by molar-refractivity contribution is 0.0535. The molecule has 14 heavy (non-hydrogen) atoms.